The minimum absolute atomic E-state index is 0.0166. The summed E-state index contributed by atoms with van der Waals surface area (Å²) < 4.78 is 1.63. The van der Waals surface area contributed by atoms with Gasteiger partial charge in [-0.25, -0.2) is 4.98 Å². The predicted octanol–water partition coefficient (Wildman–Crippen LogP) is 1.15. The van der Waals surface area contributed by atoms with E-state index in [9.17, 15) is 14.4 Å². The number of carbonyl (C=O) groups is 3. The van der Waals surface area contributed by atoms with E-state index in [1.54, 1.807) is 21.7 Å². The van der Waals surface area contributed by atoms with E-state index in [1.165, 1.54) is 0 Å². The maximum absolute atomic E-state index is 12.8. The first-order valence-corrected chi connectivity index (χ1v) is 12.8. The van der Waals surface area contributed by atoms with E-state index in [4.69, 9.17) is 0 Å². The van der Waals surface area contributed by atoms with Crippen molar-refractivity contribution < 1.29 is 14.4 Å². The monoisotopic (exact) mass is 502 g/mol. The van der Waals surface area contributed by atoms with Crippen molar-refractivity contribution in [2.45, 2.75) is 25.4 Å². The summed E-state index contributed by atoms with van der Waals surface area (Å²) >= 11 is 0. The lowest BCUT2D eigenvalue weighted by atomic mass is 10.2. The second-order valence-corrected chi connectivity index (χ2v) is 9.94. The molecular weight excluding hydrogens is 472 g/mol. The van der Waals surface area contributed by atoms with Gasteiger partial charge in [0.25, 0.3) is 5.91 Å². The molecule has 6 rings (SSSR count). The summed E-state index contributed by atoms with van der Waals surface area (Å²) in [7, 11) is 0. The van der Waals surface area contributed by atoms with Crippen LogP contribution in [-0.4, -0.2) is 87.6 Å². The summed E-state index contributed by atoms with van der Waals surface area (Å²) in [4.78, 5) is 46.0. The molecule has 11 nitrogen and oxygen atoms in total. The molecule has 3 amide bonds. The number of fused-ring (bicyclic) bond motifs is 1. The van der Waals surface area contributed by atoms with Gasteiger partial charge in [0.05, 0.1) is 11.6 Å². The molecule has 0 spiro atoms. The molecule has 2 saturated heterocycles. The molecule has 3 aliphatic rings. The highest BCUT2D eigenvalue weighted by Gasteiger charge is 2.35. The van der Waals surface area contributed by atoms with Crippen molar-refractivity contribution in [3.63, 3.8) is 0 Å². The van der Waals surface area contributed by atoms with Gasteiger partial charge in [0.15, 0.2) is 0 Å². The minimum atomic E-state index is -0.295. The normalized spacial score (nSPS) is 17.9. The average Bonchev–Trinajstić information content (AvgIpc) is 3.66. The van der Waals surface area contributed by atoms with Gasteiger partial charge in [-0.15, -0.1) is 0 Å². The van der Waals surface area contributed by atoms with Gasteiger partial charge < -0.3 is 25.8 Å². The van der Waals surface area contributed by atoms with Crippen LogP contribution in [-0.2, 0) is 16.1 Å². The molecule has 0 atom stereocenters. The Morgan fingerprint density at radius 1 is 1.00 bits per heavy atom. The van der Waals surface area contributed by atoms with Crippen LogP contribution in [0.3, 0.4) is 0 Å². The fraction of sp³-hybridized carbons (Fsp3) is 0.423. The van der Waals surface area contributed by atoms with E-state index >= 15 is 0 Å². The van der Waals surface area contributed by atoms with Gasteiger partial charge in [-0.05, 0) is 43.2 Å². The smallest absolute Gasteiger partial charge is 0.274 e. The highest BCUT2D eigenvalue weighted by molar-refractivity contribution is 6.04. The number of nitrogens with zero attached hydrogens (tertiary/aromatic N) is 5. The van der Waals surface area contributed by atoms with Crippen molar-refractivity contribution >= 4 is 40.1 Å². The van der Waals surface area contributed by atoms with Crippen LogP contribution in [0.15, 0.2) is 42.6 Å². The van der Waals surface area contributed by atoms with Crippen LogP contribution < -0.4 is 16.0 Å². The second-order valence-electron chi connectivity index (χ2n) is 9.94. The van der Waals surface area contributed by atoms with Crippen LogP contribution in [0.5, 0.6) is 0 Å². The average molecular weight is 503 g/mol. The fourth-order valence-corrected chi connectivity index (χ4v) is 4.68. The number of anilines is 2. The lowest BCUT2D eigenvalue weighted by Crippen LogP contribution is -2.51. The van der Waals surface area contributed by atoms with Gasteiger partial charge in [0.2, 0.25) is 11.8 Å². The summed E-state index contributed by atoms with van der Waals surface area (Å²) in [6.45, 7) is 4.19. The summed E-state index contributed by atoms with van der Waals surface area (Å²) in [6.07, 6.45) is 3.80. The van der Waals surface area contributed by atoms with E-state index in [0.29, 0.717) is 49.4 Å². The van der Waals surface area contributed by atoms with Crippen LogP contribution in [0, 0.1) is 5.92 Å². The Bertz CT molecular complexity index is 1340. The van der Waals surface area contributed by atoms with E-state index in [2.05, 4.69) is 26.0 Å². The van der Waals surface area contributed by atoms with Crippen molar-refractivity contribution in [2.24, 2.45) is 5.92 Å². The summed E-state index contributed by atoms with van der Waals surface area (Å²) in [6, 6.07) is 11.1. The van der Waals surface area contributed by atoms with Crippen LogP contribution in [0.2, 0.25) is 0 Å². The second kappa shape index (κ2) is 9.81. The van der Waals surface area contributed by atoms with Crippen LogP contribution in [0.25, 0.3) is 10.9 Å². The molecule has 3 fully saturated rings. The molecule has 1 aliphatic carbocycles. The third-order valence-electron chi connectivity index (χ3n) is 7.09. The summed E-state index contributed by atoms with van der Waals surface area (Å²) in [5, 5.41) is 14.7. The Kier molecular flexibility index (Phi) is 6.21. The first-order valence-electron chi connectivity index (χ1n) is 12.8. The Morgan fingerprint density at radius 3 is 2.51 bits per heavy atom. The van der Waals surface area contributed by atoms with E-state index in [1.807, 2.05) is 35.4 Å². The largest absolute Gasteiger partial charge is 0.365 e. The zero-order valence-electron chi connectivity index (χ0n) is 20.5. The molecule has 1 saturated carbocycles. The Labute approximate surface area is 214 Å². The van der Waals surface area contributed by atoms with Gasteiger partial charge in [-0.1, -0.05) is 6.07 Å². The number of rotatable bonds is 7. The number of aromatic nitrogens is 3. The number of hydrogen-bond donors (Lipinski definition) is 3. The van der Waals surface area contributed by atoms with Crippen molar-refractivity contribution in [1.82, 2.24) is 29.9 Å². The SMILES string of the molecule is O=C(Nc1ccc2nn(CC(=O)N3CCN(C(=O)C4CC4)CC3)cc2c1)c1cccc(NC2CNC2)n1. The number of piperazine rings is 1. The Balaban J connectivity index is 1.06. The first-order chi connectivity index (χ1) is 18.0. The third-order valence-corrected chi connectivity index (χ3v) is 7.09. The molecular formula is C26H30N8O3. The van der Waals surface area contributed by atoms with Crippen molar-refractivity contribution in [3.8, 4) is 0 Å². The standard InChI is InChI=1S/C26H30N8O3/c35-24(32-8-10-33(11-9-32)26(37)17-4-5-17)16-34-15-18-12-19(6-7-21(18)31-34)29-25(36)22-2-1-3-23(30-22)28-20-13-27-14-20/h1-3,6-7,12,15,17,20,27H,4-5,8-11,13-14,16H2,(H,28,30)(H,29,36). The van der Waals surface area contributed by atoms with Crippen molar-refractivity contribution in [2.75, 3.05) is 49.9 Å². The highest BCUT2D eigenvalue weighted by Crippen LogP contribution is 2.31. The molecule has 3 aromatic rings. The van der Waals surface area contributed by atoms with E-state index in [-0.39, 0.29) is 30.2 Å². The number of pyridine rings is 1. The Morgan fingerprint density at radius 2 is 1.78 bits per heavy atom. The molecule has 4 heterocycles. The molecule has 37 heavy (non-hydrogen) atoms. The van der Waals surface area contributed by atoms with Gasteiger partial charge in [-0.3, -0.25) is 19.1 Å². The first kappa shape index (κ1) is 23.4. The van der Waals surface area contributed by atoms with Crippen LogP contribution in [0.4, 0.5) is 11.5 Å². The number of benzene rings is 1. The molecule has 0 bridgehead atoms. The molecule has 3 N–H and O–H groups in total. The van der Waals surface area contributed by atoms with Gasteiger partial charge in [0, 0.05) is 62.5 Å². The molecule has 11 heteroatoms. The maximum atomic E-state index is 12.8. The molecule has 1 aromatic carbocycles. The quantitative estimate of drug-likeness (QED) is 0.443. The van der Waals surface area contributed by atoms with Gasteiger partial charge in [-0.2, -0.15) is 5.10 Å². The number of hydrogen-bond acceptors (Lipinski definition) is 7. The lowest BCUT2D eigenvalue weighted by molar-refractivity contribution is -0.140. The zero-order chi connectivity index (χ0) is 25.4. The van der Waals surface area contributed by atoms with Crippen molar-refractivity contribution in [1.29, 1.82) is 0 Å². The molecule has 192 valence electrons. The molecule has 0 radical (unpaired) electrons. The number of amides is 3. The third kappa shape index (κ3) is 5.26. The predicted molar refractivity (Wildman–Crippen MR) is 138 cm³/mol. The number of nitrogens with one attached hydrogen (secondary N) is 3. The zero-order valence-corrected chi connectivity index (χ0v) is 20.5. The maximum Gasteiger partial charge on any atom is 0.274 e. The molecule has 2 aromatic heterocycles. The topological polar surface area (TPSA) is 124 Å². The number of carbonyl (C=O) groups excluding carboxylic acids is 3. The molecule has 0 unspecified atom stereocenters. The van der Waals surface area contributed by atoms with Crippen LogP contribution >= 0.6 is 0 Å². The summed E-state index contributed by atoms with van der Waals surface area (Å²) in [5.41, 5.74) is 1.70. The highest BCUT2D eigenvalue weighted by atomic mass is 16.2. The fourth-order valence-electron chi connectivity index (χ4n) is 4.68. The summed E-state index contributed by atoms with van der Waals surface area (Å²) in [5.74, 6) is 0.812. The van der Waals surface area contributed by atoms with E-state index < -0.39 is 0 Å². The van der Waals surface area contributed by atoms with Gasteiger partial charge >= 0.3 is 0 Å². The van der Waals surface area contributed by atoms with E-state index in [0.717, 1.165) is 36.8 Å². The Hall–Kier alpha value is -3.99. The lowest BCUT2D eigenvalue weighted by Gasteiger charge is -2.34. The minimum Gasteiger partial charge on any atom is -0.365 e. The van der Waals surface area contributed by atoms with Crippen molar-refractivity contribution in [3.05, 3.63) is 48.3 Å². The van der Waals surface area contributed by atoms with Gasteiger partial charge in [0.1, 0.15) is 18.1 Å². The van der Waals surface area contributed by atoms with Crippen LogP contribution in [0.1, 0.15) is 23.3 Å². The molecule has 2 aliphatic heterocycles.